The highest BCUT2D eigenvalue weighted by molar-refractivity contribution is 5.46. The molecule has 0 bridgehead atoms. The van der Waals surface area contributed by atoms with Crippen molar-refractivity contribution in [1.29, 1.82) is 0 Å². The summed E-state index contributed by atoms with van der Waals surface area (Å²) < 4.78 is 10.5. The molecule has 1 aromatic heterocycles. The molecule has 128 valence electrons. The molecule has 0 aliphatic carbocycles. The SMILES string of the molecule is COc1ccc(CN(Cc2ccc(OC)cc2)c2ccncc2)cc1. The maximum Gasteiger partial charge on any atom is 0.118 e. The average Bonchev–Trinajstić information content (AvgIpc) is 2.69. The molecule has 0 aliphatic heterocycles. The quantitative estimate of drug-likeness (QED) is 0.645. The average molecular weight is 334 g/mol. The Morgan fingerprint density at radius 1 is 0.680 bits per heavy atom. The molecule has 0 aliphatic rings. The van der Waals surface area contributed by atoms with E-state index in [-0.39, 0.29) is 0 Å². The molecule has 25 heavy (non-hydrogen) atoms. The van der Waals surface area contributed by atoms with Crippen LogP contribution in [0.15, 0.2) is 73.1 Å². The highest BCUT2D eigenvalue weighted by Crippen LogP contribution is 2.22. The smallest absolute Gasteiger partial charge is 0.118 e. The fourth-order valence-corrected chi connectivity index (χ4v) is 2.70. The predicted octanol–water partition coefficient (Wildman–Crippen LogP) is 4.31. The summed E-state index contributed by atoms with van der Waals surface area (Å²) in [5.74, 6) is 1.74. The summed E-state index contributed by atoms with van der Waals surface area (Å²) >= 11 is 0. The normalized spacial score (nSPS) is 10.3. The van der Waals surface area contributed by atoms with Gasteiger partial charge in [0.05, 0.1) is 14.2 Å². The van der Waals surface area contributed by atoms with Crippen molar-refractivity contribution in [3.8, 4) is 11.5 Å². The molecular weight excluding hydrogens is 312 g/mol. The number of ether oxygens (including phenoxy) is 2. The van der Waals surface area contributed by atoms with Gasteiger partial charge < -0.3 is 14.4 Å². The van der Waals surface area contributed by atoms with Gasteiger partial charge in [0.25, 0.3) is 0 Å². The van der Waals surface area contributed by atoms with Gasteiger partial charge >= 0.3 is 0 Å². The fraction of sp³-hybridized carbons (Fsp3) is 0.190. The summed E-state index contributed by atoms with van der Waals surface area (Å²) in [4.78, 5) is 6.45. The Kier molecular flexibility index (Phi) is 5.52. The van der Waals surface area contributed by atoms with Crippen molar-refractivity contribution in [3.05, 3.63) is 84.2 Å². The van der Waals surface area contributed by atoms with Gasteiger partial charge in [-0.05, 0) is 47.5 Å². The van der Waals surface area contributed by atoms with Crippen LogP contribution in [0, 0.1) is 0 Å². The highest BCUT2D eigenvalue weighted by atomic mass is 16.5. The number of rotatable bonds is 7. The van der Waals surface area contributed by atoms with E-state index in [4.69, 9.17) is 9.47 Å². The van der Waals surface area contributed by atoms with Crippen molar-refractivity contribution in [2.24, 2.45) is 0 Å². The van der Waals surface area contributed by atoms with Crippen LogP contribution in [0.5, 0.6) is 11.5 Å². The second-order valence-electron chi connectivity index (χ2n) is 5.76. The molecule has 4 nitrogen and oxygen atoms in total. The van der Waals surface area contributed by atoms with Crippen LogP contribution in [0.3, 0.4) is 0 Å². The van der Waals surface area contributed by atoms with E-state index < -0.39 is 0 Å². The summed E-state index contributed by atoms with van der Waals surface area (Å²) in [6.07, 6.45) is 3.65. The molecule has 2 aromatic carbocycles. The summed E-state index contributed by atoms with van der Waals surface area (Å²) in [5.41, 5.74) is 3.60. The zero-order chi connectivity index (χ0) is 17.5. The zero-order valence-electron chi connectivity index (χ0n) is 14.6. The molecule has 0 unspecified atom stereocenters. The lowest BCUT2D eigenvalue weighted by atomic mass is 10.1. The van der Waals surface area contributed by atoms with Gasteiger partial charge in [-0.15, -0.1) is 0 Å². The van der Waals surface area contributed by atoms with Gasteiger partial charge in [0.1, 0.15) is 11.5 Å². The Morgan fingerprint density at radius 3 is 1.52 bits per heavy atom. The number of nitrogens with zero attached hydrogens (tertiary/aromatic N) is 2. The van der Waals surface area contributed by atoms with Crippen LogP contribution >= 0.6 is 0 Å². The molecule has 0 spiro atoms. The predicted molar refractivity (Wildman–Crippen MR) is 100 cm³/mol. The lowest BCUT2D eigenvalue weighted by molar-refractivity contribution is 0.414. The Labute approximate surface area is 148 Å². The molecule has 0 amide bonds. The van der Waals surface area contributed by atoms with E-state index in [0.717, 1.165) is 30.3 Å². The second kappa shape index (κ2) is 8.20. The molecule has 0 N–H and O–H groups in total. The molecule has 0 fully saturated rings. The van der Waals surface area contributed by atoms with Crippen LogP contribution in [0.1, 0.15) is 11.1 Å². The van der Waals surface area contributed by atoms with Gasteiger partial charge in [-0.25, -0.2) is 0 Å². The van der Waals surface area contributed by atoms with Gasteiger partial charge in [0, 0.05) is 31.2 Å². The van der Waals surface area contributed by atoms with Crippen molar-refractivity contribution in [2.45, 2.75) is 13.1 Å². The maximum atomic E-state index is 5.24. The Morgan fingerprint density at radius 2 is 1.12 bits per heavy atom. The first-order valence-electron chi connectivity index (χ1n) is 8.19. The summed E-state index contributed by atoms with van der Waals surface area (Å²) in [7, 11) is 3.36. The lowest BCUT2D eigenvalue weighted by Gasteiger charge is -2.25. The largest absolute Gasteiger partial charge is 0.497 e. The molecule has 0 radical (unpaired) electrons. The highest BCUT2D eigenvalue weighted by Gasteiger charge is 2.09. The third kappa shape index (κ3) is 4.51. The number of aromatic nitrogens is 1. The first-order valence-corrected chi connectivity index (χ1v) is 8.19. The number of hydrogen-bond donors (Lipinski definition) is 0. The molecule has 3 aromatic rings. The van der Waals surface area contributed by atoms with Crippen molar-refractivity contribution >= 4 is 5.69 Å². The molecule has 0 saturated heterocycles. The minimum atomic E-state index is 0.806. The Balaban J connectivity index is 1.81. The standard InChI is InChI=1S/C21H22N2O2/c1-24-20-7-3-17(4-8-20)15-23(19-11-13-22-14-12-19)16-18-5-9-21(25-2)10-6-18/h3-14H,15-16H2,1-2H3. The van der Waals surface area contributed by atoms with Crippen LogP contribution in [0.4, 0.5) is 5.69 Å². The summed E-state index contributed by atoms with van der Waals surface area (Å²) in [5, 5.41) is 0. The minimum Gasteiger partial charge on any atom is -0.497 e. The first-order chi connectivity index (χ1) is 12.3. The molecular formula is C21H22N2O2. The van der Waals surface area contributed by atoms with Gasteiger partial charge in [-0.1, -0.05) is 24.3 Å². The third-order valence-corrected chi connectivity index (χ3v) is 4.09. The van der Waals surface area contributed by atoms with Crippen LogP contribution in [0.2, 0.25) is 0 Å². The van der Waals surface area contributed by atoms with E-state index in [1.54, 1.807) is 14.2 Å². The minimum absolute atomic E-state index is 0.806. The van der Waals surface area contributed by atoms with Crippen LogP contribution < -0.4 is 14.4 Å². The van der Waals surface area contributed by atoms with E-state index in [1.807, 2.05) is 48.8 Å². The molecule has 4 heteroatoms. The van der Waals surface area contributed by atoms with Crippen molar-refractivity contribution in [1.82, 2.24) is 4.98 Å². The molecule has 3 rings (SSSR count). The van der Waals surface area contributed by atoms with E-state index in [0.29, 0.717) is 0 Å². The Bertz CT molecular complexity index is 722. The number of pyridine rings is 1. The van der Waals surface area contributed by atoms with Gasteiger partial charge in [-0.3, -0.25) is 4.98 Å². The third-order valence-electron chi connectivity index (χ3n) is 4.09. The van der Waals surface area contributed by atoms with E-state index in [1.165, 1.54) is 11.1 Å². The van der Waals surface area contributed by atoms with Crippen molar-refractivity contribution in [2.75, 3.05) is 19.1 Å². The summed E-state index contributed by atoms with van der Waals surface area (Å²) in [6, 6.07) is 20.4. The van der Waals surface area contributed by atoms with Crippen molar-refractivity contribution < 1.29 is 9.47 Å². The fourth-order valence-electron chi connectivity index (χ4n) is 2.70. The van der Waals surface area contributed by atoms with Gasteiger partial charge in [-0.2, -0.15) is 0 Å². The summed E-state index contributed by atoms with van der Waals surface area (Å²) in [6.45, 7) is 1.61. The molecule has 0 atom stereocenters. The van der Waals surface area contributed by atoms with Crippen LogP contribution in [0.25, 0.3) is 0 Å². The molecule has 0 saturated carbocycles. The monoisotopic (exact) mass is 334 g/mol. The lowest BCUT2D eigenvalue weighted by Crippen LogP contribution is -2.22. The number of methoxy groups -OCH3 is 2. The van der Waals surface area contributed by atoms with E-state index in [2.05, 4.69) is 34.1 Å². The topological polar surface area (TPSA) is 34.6 Å². The van der Waals surface area contributed by atoms with E-state index >= 15 is 0 Å². The maximum absolute atomic E-state index is 5.24. The van der Waals surface area contributed by atoms with Crippen molar-refractivity contribution in [3.63, 3.8) is 0 Å². The Hall–Kier alpha value is -3.01. The second-order valence-corrected chi connectivity index (χ2v) is 5.76. The van der Waals surface area contributed by atoms with Gasteiger partial charge in [0.2, 0.25) is 0 Å². The van der Waals surface area contributed by atoms with Crippen LogP contribution in [-0.4, -0.2) is 19.2 Å². The first kappa shape index (κ1) is 16.8. The van der Waals surface area contributed by atoms with E-state index in [9.17, 15) is 0 Å². The van der Waals surface area contributed by atoms with Gasteiger partial charge in [0.15, 0.2) is 0 Å². The number of anilines is 1. The van der Waals surface area contributed by atoms with Crippen LogP contribution in [-0.2, 0) is 13.1 Å². The zero-order valence-corrected chi connectivity index (χ0v) is 14.6. The number of hydrogen-bond acceptors (Lipinski definition) is 4. The number of benzene rings is 2. The molecule has 1 heterocycles.